The molecule has 3 rings (SSSR count). The highest BCUT2D eigenvalue weighted by atomic mass is 16.5. The average Bonchev–Trinajstić information content (AvgIpc) is 2.63. The molecule has 1 heterocycles. The lowest BCUT2D eigenvalue weighted by Gasteiger charge is -2.09. The number of aryl methyl sites for hydroxylation is 2. The molecule has 138 valence electrons. The van der Waals surface area contributed by atoms with E-state index in [0.717, 1.165) is 29.2 Å². The highest BCUT2D eigenvalue weighted by molar-refractivity contribution is 5.93. The maximum atomic E-state index is 5.95. The molecule has 0 unspecified atom stereocenters. The molecule has 2 aromatic carbocycles. The summed E-state index contributed by atoms with van der Waals surface area (Å²) in [6.07, 6.45) is 0.871. The second kappa shape index (κ2) is 8.80. The van der Waals surface area contributed by atoms with Gasteiger partial charge in [-0.3, -0.25) is 0 Å². The topological polar surface area (TPSA) is 85.4 Å². The van der Waals surface area contributed by atoms with Crippen LogP contribution in [0.4, 0.5) is 11.6 Å². The molecule has 27 heavy (non-hydrogen) atoms. The minimum atomic E-state index is 0.234. The summed E-state index contributed by atoms with van der Waals surface area (Å²) in [4.78, 5) is 12.7. The molecule has 0 saturated carbocycles. The van der Waals surface area contributed by atoms with Crippen molar-refractivity contribution in [2.75, 3.05) is 11.9 Å². The summed E-state index contributed by atoms with van der Waals surface area (Å²) >= 11 is 0. The van der Waals surface area contributed by atoms with Crippen LogP contribution in [-0.2, 0) is 6.42 Å². The van der Waals surface area contributed by atoms with Crippen molar-refractivity contribution >= 4 is 17.6 Å². The number of nitrogens with two attached hydrogens (primary N) is 1. The van der Waals surface area contributed by atoms with E-state index in [-0.39, 0.29) is 5.96 Å². The fourth-order valence-corrected chi connectivity index (χ4v) is 2.61. The minimum Gasteiger partial charge on any atom is -0.493 e. The van der Waals surface area contributed by atoms with E-state index in [2.05, 4.69) is 32.4 Å². The third-order valence-electron chi connectivity index (χ3n) is 3.82. The van der Waals surface area contributed by atoms with Gasteiger partial charge < -0.3 is 15.8 Å². The fraction of sp³-hybridized carbons (Fsp3) is 0.190. The number of aliphatic imine (C=N–C) groups is 1. The number of rotatable bonds is 6. The molecule has 0 saturated heterocycles. The van der Waals surface area contributed by atoms with Crippen LogP contribution in [0.2, 0.25) is 0 Å². The largest absolute Gasteiger partial charge is 0.493 e. The Balaban J connectivity index is 1.54. The monoisotopic (exact) mass is 361 g/mol. The Kier molecular flexibility index (Phi) is 5.99. The Morgan fingerprint density at radius 1 is 1.00 bits per heavy atom. The Morgan fingerprint density at radius 2 is 1.67 bits per heavy atom. The van der Waals surface area contributed by atoms with Crippen LogP contribution in [0.15, 0.2) is 65.7 Å². The summed E-state index contributed by atoms with van der Waals surface area (Å²) in [5.74, 6) is 1.39. The number of nitrogens with one attached hydrogen (secondary N) is 1. The van der Waals surface area contributed by atoms with E-state index >= 15 is 0 Å². The quantitative estimate of drug-likeness (QED) is 0.515. The van der Waals surface area contributed by atoms with Gasteiger partial charge in [0.25, 0.3) is 5.95 Å². The first-order valence-corrected chi connectivity index (χ1v) is 8.79. The zero-order valence-electron chi connectivity index (χ0n) is 15.5. The SMILES string of the molecule is Cc1cc(C)nc(N=C(N)Nc2ccc(OCCc3ccccc3)cc2)n1. The molecule has 6 nitrogen and oxygen atoms in total. The van der Waals surface area contributed by atoms with Gasteiger partial charge >= 0.3 is 0 Å². The number of ether oxygens (including phenoxy) is 1. The minimum absolute atomic E-state index is 0.234. The molecule has 0 bridgehead atoms. The van der Waals surface area contributed by atoms with Gasteiger partial charge in [-0.15, -0.1) is 0 Å². The zero-order chi connectivity index (χ0) is 19.1. The van der Waals surface area contributed by atoms with Gasteiger partial charge in [-0.25, -0.2) is 9.97 Å². The molecule has 6 heteroatoms. The highest BCUT2D eigenvalue weighted by Gasteiger charge is 2.01. The zero-order valence-corrected chi connectivity index (χ0v) is 15.5. The first-order valence-electron chi connectivity index (χ1n) is 8.79. The van der Waals surface area contributed by atoms with E-state index in [1.807, 2.05) is 62.4 Å². The molecule has 0 amide bonds. The standard InChI is InChI=1S/C21H23N5O/c1-15-14-16(2)24-21(23-15)26-20(22)25-18-8-10-19(11-9-18)27-13-12-17-6-4-3-5-7-17/h3-11,14H,12-13H2,1-2H3,(H3,22,23,24,25,26). The molecular weight excluding hydrogens is 338 g/mol. The van der Waals surface area contributed by atoms with Crippen LogP contribution in [0.3, 0.4) is 0 Å². The molecule has 3 aromatic rings. The molecule has 0 atom stereocenters. The maximum Gasteiger partial charge on any atom is 0.253 e. The number of aromatic nitrogens is 2. The van der Waals surface area contributed by atoms with Crippen molar-refractivity contribution in [2.45, 2.75) is 20.3 Å². The van der Waals surface area contributed by atoms with Crippen molar-refractivity contribution in [3.8, 4) is 5.75 Å². The van der Waals surface area contributed by atoms with E-state index in [0.29, 0.717) is 12.6 Å². The van der Waals surface area contributed by atoms with Crippen LogP contribution in [0.1, 0.15) is 17.0 Å². The third-order valence-corrected chi connectivity index (χ3v) is 3.82. The van der Waals surface area contributed by atoms with Crippen molar-refractivity contribution < 1.29 is 4.74 Å². The second-order valence-electron chi connectivity index (χ2n) is 6.18. The molecule has 0 fully saturated rings. The normalized spacial score (nSPS) is 11.3. The maximum absolute atomic E-state index is 5.95. The summed E-state index contributed by atoms with van der Waals surface area (Å²) in [6.45, 7) is 4.42. The van der Waals surface area contributed by atoms with Gasteiger partial charge in [0, 0.05) is 23.5 Å². The fourth-order valence-electron chi connectivity index (χ4n) is 2.61. The van der Waals surface area contributed by atoms with Crippen molar-refractivity contribution in [1.29, 1.82) is 0 Å². The lowest BCUT2D eigenvalue weighted by atomic mass is 10.2. The van der Waals surface area contributed by atoms with Gasteiger partial charge in [-0.2, -0.15) is 4.99 Å². The van der Waals surface area contributed by atoms with Crippen molar-refractivity contribution in [2.24, 2.45) is 10.7 Å². The summed E-state index contributed by atoms with van der Waals surface area (Å²) in [5, 5.41) is 3.03. The van der Waals surface area contributed by atoms with Crippen LogP contribution >= 0.6 is 0 Å². The number of benzene rings is 2. The number of hydrogen-bond donors (Lipinski definition) is 2. The van der Waals surface area contributed by atoms with Gasteiger partial charge in [-0.05, 0) is 49.7 Å². The smallest absolute Gasteiger partial charge is 0.253 e. The molecule has 0 aliphatic rings. The Hall–Kier alpha value is -3.41. The predicted octanol–water partition coefficient (Wildman–Crippen LogP) is 3.77. The predicted molar refractivity (Wildman–Crippen MR) is 108 cm³/mol. The summed E-state index contributed by atoms with van der Waals surface area (Å²) < 4.78 is 5.78. The number of hydrogen-bond acceptors (Lipinski definition) is 4. The van der Waals surface area contributed by atoms with E-state index < -0.39 is 0 Å². The third kappa shape index (κ3) is 5.81. The van der Waals surface area contributed by atoms with Crippen LogP contribution in [0.5, 0.6) is 5.75 Å². The molecular formula is C21H23N5O. The second-order valence-corrected chi connectivity index (χ2v) is 6.18. The summed E-state index contributed by atoms with van der Waals surface area (Å²) in [7, 11) is 0. The van der Waals surface area contributed by atoms with Gasteiger partial charge in [-0.1, -0.05) is 30.3 Å². The van der Waals surface area contributed by atoms with E-state index in [1.165, 1.54) is 5.56 Å². The van der Waals surface area contributed by atoms with Crippen LogP contribution < -0.4 is 15.8 Å². The number of anilines is 1. The van der Waals surface area contributed by atoms with Crippen molar-refractivity contribution in [3.05, 3.63) is 77.6 Å². The molecule has 0 radical (unpaired) electrons. The van der Waals surface area contributed by atoms with E-state index in [1.54, 1.807) is 0 Å². The number of nitrogens with zero attached hydrogens (tertiary/aromatic N) is 3. The van der Waals surface area contributed by atoms with Crippen molar-refractivity contribution in [1.82, 2.24) is 9.97 Å². The first kappa shape index (κ1) is 18.4. The summed E-state index contributed by atoms with van der Waals surface area (Å²) in [6, 6.07) is 19.7. The van der Waals surface area contributed by atoms with Crippen LogP contribution in [-0.4, -0.2) is 22.5 Å². The molecule has 0 aliphatic heterocycles. The van der Waals surface area contributed by atoms with Crippen LogP contribution in [0.25, 0.3) is 0 Å². The van der Waals surface area contributed by atoms with Gasteiger partial charge in [0.1, 0.15) is 5.75 Å². The van der Waals surface area contributed by atoms with Gasteiger partial charge in [0.05, 0.1) is 6.61 Å². The Labute approximate surface area is 159 Å². The summed E-state index contributed by atoms with van der Waals surface area (Å²) in [5.41, 5.74) is 9.73. The Morgan fingerprint density at radius 3 is 2.33 bits per heavy atom. The molecule has 3 N–H and O–H groups in total. The highest BCUT2D eigenvalue weighted by Crippen LogP contribution is 2.16. The lowest BCUT2D eigenvalue weighted by Crippen LogP contribution is -2.22. The van der Waals surface area contributed by atoms with Crippen molar-refractivity contribution in [3.63, 3.8) is 0 Å². The van der Waals surface area contributed by atoms with Crippen LogP contribution in [0, 0.1) is 13.8 Å². The number of guanidine groups is 1. The van der Waals surface area contributed by atoms with Gasteiger partial charge in [0.2, 0.25) is 5.96 Å². The van der Waals surface area contributed by atoms with Gasteiger partial charge in [0.15, 0.2) is 0 Å². The molecule has 0 spiro atoms. The average molecular weight is 361 g/mol. The Bertz CT molecular complexity index is 887. The molecule has 0 aliphatic carbocycles. The van der Waals surface area contributed by atoms with E-state index in [4.69, 9.17) is 10.5 Å². The molecule has 1 aromatic heterocycles. The lowest BCUT2D eigenvalue weighted by molar-refractivity contribution is 0.322. The first-order chi connectivity index (χ1) is 13.1. The van der Waals surface area contributed by atoms with E-state index in [9.17, 15) is 0 Å².